The first-order valence-electron chi connectivity index (χ1n) is 5.31. The van der Waals surface area contributed by atoms with Crippen LogP contribution in [0.4, 0.5) is 0 Å². The van der Waals surface area contributed by atoms with Crippen LogP contribution in [0.15, 0.2) is 47.1 Å². The Morgan fingerprint density at radius 2 is 1.82 bits per heavy atom. The maximum absolute atomic E-state index is 4.23. The van der Waals surface area contributed by atoms with Gasteiger partial charge in [-0.05, 0) is 36.8 Å². The van der Waals surface area contributed by atoms with Crippen LogP contribution in [0.3, 0.4) is 0 Å². The molecule has 0 spiro atoms. The van der Waals surface area contributed by atoms with Gasteiger partial charge in [0.15, 0.2) is 11.5 Å². The van der Waals surface area contributed by atoms with Crippen molar-refractivity contribution >= 4 is 21.6 Å². The quantitative estimate of drug-likeness (QED) is 0.686. The van der Waals surface area contributed by atoms with Gasteiger partial charge in [0.05, 0.1) is 0 Å². The molecule has 84 valence electrons. The van der Waals surface area contributed by atoms with Gasteiger partial charge in [-0.25, -0.2) is 0 Å². The summed E-state index contributed by atoms with van der Waals surface area (Å²) in [6.45, 7) is 2.05. The first-order valence-corrected chi connectivity index (χ1v) is 6.11. The first-order chi connectivity index (χ1) is 8.24. The number of benzene rings is 1. The van der Waals surface area contributed by atoms with Crippen molar-refractivity contribution < 1.29 is 0 Å². The molecule has 3 nitrogen and oxygen atoms in total. The van der Waals surface area contributed by atoms with E-state index in [-0.39, 0.29) is 0 Å². The number of hydrogen-bond acceptors (Lipinski definition) is 2. The predicted octanol–water partition coefficient (Wildman–Crippen LogP) is 3.47. The summed E-state index contributed by atoms with van der Waals surface area (Å²) in [7, 11) is 0. The van der Waals surface area contributed by atoms with Gasteiger partial charge in [0.2, 0.25) is 0 Å². The molecule has 0 aliphatic carbocycles. The molecule has 2 heterocycles. The van der Waals surface area contributed by atoms with Crippen molar-refractivity contribution in [2.75, 3.05) is 0 Å². The van der Waals surface area contributed by atoms with Crippen LogP contribution in [-0.2, 0) is 0 Å². The second kappa shape index (κ2) is 3.96. The van der Waals surface area contributed by atoms with Crippen LogP contribution < -0.4 is 0 Å². The van der Waals surface area contributed by atoms with Gasteiger partial charge in [0.1, 0.15) is 0 Å². The highest BCUT2D eigenvalue weighted by molar-refractivity contribution is 9.10. The SMILES string of the molecule is Cc1ccn2c(-c3ccc(Br)cc3)nnc2c1. The van der Waals surface area contributed by atoms with E-state index in [1.54, 1.807) is 0 Å². The molecule has 0 N–H and O–H groups in total. The maximum Gasteiger partial charge on any atom is 0.168 e. The highest BCUT2D eigenvalue weighted by Gasteiger charge is 2.07. The van der Waals surface area contributed by atoms with Gasteiger partial charge in [-0.15, -0.1) is 10.2 Å². The molecule has 4 heteroatoms. The van der Waals surface area contributed by atoms with Crippen molar-refractivity contribution in [2.24, 2.45) is 0 Å². The molecule has 0 unspecified atom stereocenters. The van der Waals surface area contributed by atoms with Crippen molar-refractivity contribution in [3.8, 4) is 11.4 Å². The lowest BCUT2D eigenvalue weighted by atomic mass is 10.2. The Morgan fingerprint density at radius 3 is 2.59 bits per heavy atom. The maximum atomic E-state index is 4.23. The third-order valence-electron chi connectivity index (χ3n) is 2.67. The van der Waals surface area contributed by atoms with E-state index in [9.17, 15) is 0 Å². The van der Waals surface area contributed by atoms with Crippen molar-refractivity contribution in [1.29, 1.82) is 0 Å². The van der Waals surface area contributed by atoms with Gasteiger partial charge < -0.3 is 0 Å². The number of aryl methyl sites for hydroxylation is 1. The minimum absolute atomic E-state index is 0.868. The number of nitrogens with zero attached hydrogens (tertiary/aromatic N) is 3. The highest BCUT2D eigenvalue weighted by atomic mass is 79.9. The molecule has 0 fully saturated rings. The van der Waals surface area contributed by atoms with E-state index in [1.807, 2.05) is 47.9 Å². The third-order valence-corrected chi connectivity index (χ3v) is 3.20. The Morgan fingerprint density at radius 1 is 1.06 bits per heavy atom. The second-order valence-electron chi connectivity index (χ2n) is 3.96. The molecule has 0 aliphatic rings. The topological polar surface area (TPSA) is 30.2 Å². The number of pyridine rings is 1. The number of aromatic nitrogens is 3. The number of rotatable bonds is 1. The summed E-state index contributed by atoms with van der Waals surface area (Å²) in [5.41, 5.74) is 3.12. The van der Waals surface area contributed by atoms with Crippen LogP contribution in [0.2, 0.25) is 0 Å². The molecule has 0 saturated heterocycles. The van der Waals surface area contributed by atoms with Crippen molar-refractivity contribution in [2.45, 2.75) is 6.92 Å². The summed E-state index contributed by atoms with van der Waals surface area (Å²) in [4.78, 5) is 0. The lowest BCUT2D eigenvalue weighted by Gasteiger charge is -2.00. The van der Waals surface area contributed by atoms with E-state index in [2.05, 4.69) is 32.2 Å². The zero-order chi connectivity index (χ0) is 11.8. The summed E-state index contributed by atoms with van der Waals surface area (Å²) in [6, 6.07) is 12.1. The number of hydrogen-bond donors (Lipinski definition) is 0. The van der Waals surface area contributed by atoms with Crippen LogP contribution >= 0.6 is 15.9 Å². The Kier molecular flexibility index (Phi) is 2.44. The van der Waals surface area contributed by atoms with Crippen molar-refractivity contribution in [3.63, 3.8) is 0 Å². The normalized spacial score (nSPS) is 10.9. The van der Waals surface area contributed by atoms with Gasteiger partial charge >= 0.3 is 0 Å². The highest BCUT2D eigenvalue weighted by Crippen LogP contribution is 2.21. The predicted molar refractivity (Wildman–Crippen MR) is 70.9 cm³/mol. The lowest BCUT2D eigenvalue weighted by molar-refractivity contribution is 1.11. The minimum Gasteiger partial charge on any atom is -0.282 e. The molecule has 0 saturated carbocycles. The number of fused-ring (bicyclic) bond motifs is 1. The Balaban J connectivity index is 2.21. The molecule has 0 amide bonds. The molecule has 0 bridgehead atoms. The largest absolute Gasteiger partial charge is 0.282 e. The molecule has 0 atom stereocenters. The molecule has 17 heavy (non-hydrogen) atoms. The van der Waals surface area contributed by atoms with Crippen molar-refractivity contribution in [1.82, 2.24) is 14.6 Å². The Bertz CT molecular complexity index is 671. The van der Waals surface area contributed by atoms with E-state index in [0.717, 1.165) is 21.5 Å². The van der Waals surface area contributed by atoms with Gasteiger partial charge in [-0.3, -0.25) is 4.40 Å². The number of halogens is 1. The minimum atomic E-state index is 0.868. The molecule has 0 aliphatic heterocycles. The molecule has 3 aromatic rings. The van der Waals surface area contributed by atoms with E-state index >= 15 is 0 Å². The van der Waals surface area contributed by atoms with Gasteiger partial charge in [0.25, 0.3) is 0 Å². The molecule has 0 radical (unpaired) electrons. The van der Waals surface area contributed by atoms with E-state index < -0.39 is 0 Å². The van der Waals surface area contributed by atoms with Crippen LogP contribution in [0.25, 0.3) is 17.0 Å². The third kappa shape index (κ3) is 1.85. The lowest BCUT2D eigenvalue weighted by Crippen LogP contribution is -1.89. The molecule has 3 rings (SSSR count). The zero-order valence-corrected chi connectivity index (χ0v) is 10.8. The van der Waals surface area contributed by atoms with E-state index in [1.165, 1.54) is 5.56 Å². The summed E-state index contributed by atoms with van der Waals surface area (Å²) in [5.74, 6) is 0.868. The summed E-state index contributed by atoms with van der Waals surface area (Å²) >= 11 is 3.43. The van der Waals surface area contributed by atoms with Crippen LogP contribution in [-0.4, -0.2) is 14.6 Å². The zero-order valence-electron chi connectivity index (χ0n) is 9.26. The van der Waals surface area contributed by atoms with Gasteiger partial charge in [-0.2, -0.15) is 0 Å². The van der Waals surface area contributed by atoms with Gasteiger partial charge in [-0.1, -0.05) is 28.1 Å². The summed E-state index contributed by atoms with van der Waals surface area (Å²) in [6.07, 6.45) is 2.00. The average Bonchev–Trinajstić information content (AvgIpc) is 2.73. The first kappa shape index (κ1) is 10.5. The standard InChI is InChI=1S/C13H10BrN3/c1-9-6-7-17-12(8-9)15-16-13(17)10-2-4-11(14)5-3-10/h2-8H,1H3. The second-order valence-corrected chi connectivity index (χ2v) is 4.88. The van der Waals surface area contributed by atoms with E-state index in [0.29, 0.717) is 0 Å². The Labute approximate surface area is 107 Å². The smallest absolute Gasteiger partial charge is 0.168 e. The molecule has 1 aromatic carbocycles. The molecule has 2 aromatic heterocycles. The molecular weight excluding hydrogens is 278 g/mol. The van der Waals surface area contributed by atoms with Gasteiger partial charge in [0, 0.05) is 16.2 Å². The average molecular weight is 288 g/mol. The van der Waals surface area contributed by atoms with Crippen molar-refractivity contribution in [3.05, 3.63) is 52.6 Å². The monoisotopic (exact) mass is 287 g/mol. The fourth-order valence-corrected chi connectivity index (χ4v) is 2.05. The fraction of sp³-hybridized carbons (Fsp3) is 0.0769. The van der Waals surface area contributed by atoms with Crippen LogP contribution in [0.5, 0.6) is 0 Å². The fourth-order valence-electron chi connectivity index (χ4n) is 1.79. The Hall–Kier alpha value is -1.68. The van der Waals surface area contributed by atoms with E-state index in [4.69, 9.17) is 0 Å². The van der Waals surface area contributed by atoms with Crippen LogP contribution in [0.1, 0.15) is 5.56 Å². The molecular formula is C13H10BrN3. The summed E-state index contributed by atoms with van der Waals surface area (Å²) < 4.78 is 3.06. The summed E-state index contributed by atoms with van der Waals surface area (Å²) in [5, 5.41) is 8.41. The van der Waals surface area contributed by atoms with Crippen LogP contribution in [0, 0.1) is 6.92 Å².